The van der Waals surface area contributed by atoms with E-state index in [0.717, 1.165) is 23.1 Å². The van der Waals surface area contributed by atoms with Crippen LogP contribution >= 0.6 is 0 Å². The molecular weight excluding hydrogens is 236 g/mol. The van der Waals surface area contributed by atoms with Crippen LogP contribution in [0, 0.1) is 0 Å². The van der Waals surface area contributed by atoms with E-state index in [4.69, 9.17) is 0 Å². The van der Waals surface area contributed by atoms with Gasteiger partial charge >= 0.3 is 0 Å². The fourth-order valence-electron chi connectivity index (χ4n) is 2.19. The maximum atomic E-state index is 12.0. The summed E-state index contributed by atoms with van der Waals surface area (Å²) in [7, 11) is 0. The minimum absolute atomic E-state index is 0.0746. The summed E-state index contributed by atoms with van der Waals surface area (Å²) < 4.78 is 0. The van der Waals surface area contributed by atoms with Crippen molar-refractivity contribution in [2.24, 2.45) is 0 Å². The molecule has 1 aromatic carbocycles. The first kappa shape index (κ1) is 11.7. The highest BCUT2D eigenvalue weighted by molar-refractivity contribution is 5.84. The molecule has 19 heavy (non-hydrogen) atoms. The maximum Gasteiger partial charge on any atom is 0.256 e. The first-order valence-corrected chi connectivity index (χ1v) is 6.34. The standard InChI is InChI=1S/C16H14N2O/c1-2-11-3-5-12(6-4-11)15-9-13-10-17-8-7-14(13)16(19)18-15/h3-10H,2H2,1H3,(H,18,19). The average Bonchev–Trinajstić information content (AvgIpc) is 2.47. The van der Waals surface area contributed by atoms with Crippen LogP contribution in [0.2, 0.25) is 0 Å². The van der Waals surface area contributed by atoms with Gasteiger partial charge in [-0.25, -0.2) is 0 Å². The Kier molecular flexibility index (Phi) is 2.88. The number of benzene rings is 1. The number of hydrogen-bond donors (Lipinski definition) is 1. The Balaban J connectivity index is 2.16. The SMILES string of the molecule is CCc1ccc(-c2cc3cnccc3c(=O)[nH]2)cc1. The number of rotatable bonds is 2. The second kappa shape index (κ2) is 4.69. The van der Waals surface area contributed by atoms with Crippen molar-refractivity contribution in [3.63, 3.8) is 0 Å². The van der Waals surface area contributed by atoms with E-state index >= 15 is 0 Å². The van der Waals surface area contributed by atoms with Crippen LogP contribution in [-0.2, 0) is 6.42 Å². The van der Waals surface area contributed by atoms with Crippen LogP contribution in [0.15, 0.2) is 53.6 Å². The number of nitrogens with zero attached hydrogens (tertiary/aromatic N) is 1. The summed E-state index contributed by atoms with van der Waals surface area (Å²) in [6.07, 6.45) is 4.36. The fourth-order valence-corrected chi connectivity index (χ4v) is 2.19. The second-order valence-corrected chi connectivity index (χ2v) is 4.53. The van der Waals surface area contributed by atoms with Crippen molar-refractivity contribution in [1.29, 1.82) is 0 Å². The minimum Gasteiger partial charge on any atom is -0.321 e. The van der Waals surface area contributed by atoms with Crippen molar-refractivity contribution in [3.05, 3.63) is 64.7 Å². The third-order valence-electron chi connectivity index (χ3n) is 3.32. The first-order chi connectivity index (χ1) is 9.28. The van der Waals surface area contributed by atoms with Gasteiger partial charge in [-0.15, -0.1) is 0 Å². The molecule has 94 valence electrons. The molecule has 0 radical (unpaired) electrons. The van der Waals surface area contributed by atoms with E-state index in [1.807, 2.05) is 18.2 Å². The summed E-state index contributed by atoms with van der Waals surface area (Å²) in [5, 5.41) is 1.53. The monoisotopic (exact) mass is 250 g/mol. The second-order valence-electron chi connectivity index (χ2n) is 4.53. The predicted octanol–water partition coefficient (Wildman–Crippen LogP) is 3.15. The first-order valence-electron chi connectivity index (χ1n) is 6.34. The van der Waals surface area contributed by atoms with Gasteiger partial charge in [-0.1, -0.05) is 31.2 Å². The lowest BCUT2D eigenvalue weighted by Gasteiger charge is -2.05. The van der Waals surface area contributed by atoms with Crippen LogP contribution < -0.4 is 5.56 Å². The molecule has 0 amide bonds. The lowest BCUT2D eigenvalue weighted by atomic mass is 10.1. The molecule has 3 aromatic rings. The molecule has 0 saturated heterocycles. The van der Waals surface area contributed by atoms with E-state index in [1.54, 1.807) is 18.5 Å². The van der Waals surface area contributed by atoms with E-state index in [-0.39, 0.29) is 5.56 Å². The number of H-pyrrole nitrogens is 1. The lowest BCUT2D eigenvalue weighted by molar-refractivity contribution is 1.14. The number of aryl methyl sites for hydroxylation is 1. The van der Waals surface area contributed by atoms with Crippen molar-refractivity contribution in [2.45, 2.75) is 13.3 Å². The van der Waals surface area contributed by atoms with Gasteiger partial charge in [0.2, 0.25) is 0 Å². The number of nitrogens with one attached hydrogen (secondary N) is 1. The largest absolute Gasteiger partial charge is 0.321 e. The molecule has 0 saturated carbocycles. The normalized spacial score (nSPS) is 10.8. The van der Waals surface area contributed by atoms with Crippen LogP contribution in [0.3, 0.4) is 0 Å². The van der Waals surface area contributed by atoms with Crippen LogP contribution in [0.4, 0.5) is 0 Å². The summed E-state index contributed by atoms with van der Waals surface area (Å²) in [5.74, 6) is 0. The topological polar surface area (TPSA) is 45.8 Å². The van der Waals surface area contributed by atoms with Gasteiger partial charge in [0.1, 0.15) is 0 Å². The highest BCUT2D eigenvalue weighted by Gasteiger charge is 2.03. The molecule has 1 N–H and O–H groups in total. The van der Waals surface area contributed by atoms with E-state index in [1.165, 1.54) is 5.56 Å². The molecule has 0 atom stereocenters. The molecule has 0 bridgehead atoms. The number of pyridine rings is 2. The van der Waals surface area contributed by atoms with E-state index in [0.29, 0.717) is 5.39 Å². The fraction of sp³-hybridized carbons (Fsp3) is 0.125. The van der Waals surface area contributed by atoms with Gasteiger partial charge in [0.15, 0.2) is 0 Å². The Morgan fingerprint density at radius 2 is 1.95 bits per heavy atom. The van der Waals surface area contributed by atoms with Gasteiger partial charge in [-0.05, 0) is 29.7 Å². The third-order valence-corrected chi connectivity index (χ3v) is 3.32. The van der Waals surface area contributed by atoms with Crippen molar-refractivity contribution in [3.8, 4) is 11.3 Å². The lowest BCUT2D eigenvalue weighted by Crippen LogP contribution is -2.07. The number of hydrogen-bond acceptors (Lipinski definition) is 2. The Bertz CT molecular complexity index is 773. The Hall–Kier alpha value is -2.42. The maximum absolute atomic E-state index is 12.0. The molecule has 0 fully saturated rings. The third kappa shape index (κ3) is 2.15. The van der Waals surface area contributed by atoms with E-state index in [2.05, 4.69) is 29.0 Å². The molecule has 0 aliphatic carbocycles. The average molecular weight is 250 g/mol. The number of aromatic nitrogens is 2. The highest BCUT2D eigenvalue weighted by Crippen LogP contribution is 2.19. The summed E-state index contributed by atoms with van der Waals surface area (Å²) in [5.41, 5.74) is 3.05. The van der Waals surface area contributed by atoms with E-state index in [9.17, 15) is 4.79 Å². The van der Waals surface area contributed by atoms with Gasteiger partial charge in [-0.3, -0.25) is 9.78 Å². The molecule has 0 aliphatic heterocycles. The predicted molar refractivity (Wildman–Crippen MR) is 77.2 cm³/mol. The zero-order valence-electron chi connectivity index (χ0n) is 10.7. The van der Waals surface area contributed by atoms with Crippen LogP contribution in [0.5, 0.6) is 0 Å². The Morgan fingerprint density at radius 1 is 1.16 bits per heavy atom. The Morgan fingerprint density at radius 3 is 2.68 bits per heavy atom. The Labute approximate surface area is 111 Å². The van der Waals surface area contributed by atoms with Gasteiger partial charge in [0.25, 0.3) is 5.56 Å². The van der Waals surface area contributed by atoms with Gasteiger partial charge in [-0.2, -0.15) is 0 Å². The minimum atomic E-state index is -0.0746. The summed E-state index contributed by atoms with van der Waals surface area (Å²) in [4.78, 5) is 19.0. The van der Waals surface area contributed by atoms with Crippen LogP contribution in [0.1, 0.15) is 12.5 Å². The summed E-state index contributed by atoms with van der Waals surface area (Å²) >= 11 is 0. The van der Waals surface area contributed by atoms with Crippen molar-refractivity contribution in [2.75, 3.05) is 0 Å². The molecule has 2 aromatic heterocycles. The van der Waals surface area contributed by atoms with Gasteiger partial charge in [0.05, 0.1) is 5.39 Å². The van der Waals surface area contributed by atoms with E-state index < -0.39 is 0 Å². The molecule has 3 heteroatoms. The summed E-state index contributed by atoms with van der Waals surface area (Å²) in [6, 6.07) is 11.9. The van der Waals surface area contributed by atoms with Crippen molar-refractivity contribution >= 4 is 10.8 Å². The molecular formula is C16H14N2O. The zero-order chi connectivity index (χ0) is 13.2. The van der Waals surface area contributed by atoms with Crippen molar-refractivity contribution < 1.29 is 0 Å². The highest BCUT2D eigenvalue weighted by atomic mass is 16.1. The molecule has 0 spiro atoms. The number of aromatic amines is 1. The molecule has 0 unspecified atom stereocenters. The van der Waals surface area contributed by atoms with Gasteiger partial charge in [0, 0.05) is 23.5 Å². The zero-order valence-corrected chi connectivity index (χ0v) is 10.7. The smallest absolute Gasteiger partial charge is 0.256 e. The number of fused-ring (bicyclic) bond motifs is 1. The molecule has 2 heterocycles. The van der Waals surface area contributed by atoms with Crippen molar-refractivity contribution in [1.82, 2.24) is 9.97 Å². The molecule has 3 rings (SSSR count). The molecule has 0 aliphatic rings. The summed E-state index contributed by atoms with van der Waals surface area (Å²) in [6.45, 7) is 2.12. The van der Waals surface area contributed by atoms with Crippen LogP contribution in [0.25, 0.3) is 22.0 Å². The molecule has 3 nitrogen and oxygen atoms in total. The van der Waals surface area contributed by atoms with Gasteiger partial charge < -0.3 is 4.98 Å². The quantitative estimate of drug-likeness (QED) is 0.759. The van der Waals surface area contributed by atoms with Crippen LogP contribution in [-0.4, -0.2) is 9.97 Å².